The van der Waals surface area contributed by atoms with Crippen LogP contribution >= 0.6 is 11.8 Å². The van der Waals surface area contributed by atoms with Crippen molar-refractivity contribution in [2.75, 3.05) is 38.5 Å². The van der Waals surface area contributed by atoms with Crippen LogP contribution in [-0.2, 0) is 24.3 Å². The predicted molar refractivity (Wildman–Crippen MR) is 118 cm³/mol. The van der Waals surface area contributed by atoms with Gasteiger partial charge in [-0.3, -0.25) is 9.69 Å². The van der Waals surface area contributed by atoms with E-state index in [1.807, 2.05) is 36.1 Å². The van der Waals surface area contributed by atoms with E-state index in [1.54, 1.807) is 11.8 Å². The number of hydrogen-bond donors (Lipinski definition) is 0. The van der Waals surface area contributed by atoms with E-state index in [2.05, 4.69) is 19.7 Å². The molecule has 8 heteroatoms. The number of carbonyl (C=O) groups excluding carboxylic acids is 1. The van der Waals surface area contributed by atoms with Crippen molar-refractivity contribution in [1.82, 2.24) is 24.6 Å². The molecule has 0 spiro atoms. The molecule has 0 radical (unpaired) electrons. The minimum absolute atomic E-state index is 0.213. The molecular formula is C22H31N5O2S. The summed E-state index contributed by atoms with van der Waals surface area (Å²) in [5, 5.41) is 8.85. The fourth-order valence-corrected chi connectivity index (χ4v) is 4.85. The van der Waals surface area contributed by atoms with Crippen molar-refractivity contribution in [2.45, 2.75) is 50.6 Å². The van der Waals surface area contributed by atoms with Gasteiger partial charge >= 0.3 is 0 Å². The fraction of sp³-hybridized carbons (Fsp3) is 0.591. The summed E-state index contributed by atoms with van der Waals surface area (Å²) in [6.45, 7) is 7.85. The van der Waals surface area contributed by atoms with E-state index in [4.69, 9.17) is 4.74 Å². The van der Waals surface area contributed by atoms with Gasteiger partial charge in [0.15, 0.2) is 0 Å². The summed E-state index contributed by atoms with van der Waals surface area (Å²) in [6.07, 6.45) is 4.75. The molecule has 0 N–H and O–H groups in total. The smallest absolute Gasteiger partial charge is 0.233 e. The van der Waals surface area contributed by atoms with Gasteiger partial charge < -0.3 is 14.2 Å². The maximum absolute atomic E-state index is 12.6. The highest BCUT2D eigenvalue weighted by Gasteiger charge is 2.23. The molecular weight excluding hydrogens is 398 g/mol. The molecule has 2 aliphatic rings. The molecule has 0 atom stereocenters. The molecule has 1 saturated heterocycles. The summed E-state index contributed by atoms with van der Waals surface area (Å²) in [7, 11) is 0. The second kappa shape index (κ2) is 10.3. The second-order valence-electron chi connectivity index (χ2n) is 7.84. The van der Waals surface area contributed by atoms with Crippen LogP contribution in [0.1, 0.15) is 37.8 Å². The maximum atomic E-state index is 12.6. The largest absolute Gasteiger partial charge is 0.494 e. The van der Waals surface area contributed by atoms with Gasteiger partial charge in [-0.25, -0.2) is 0 Å². The number of carbonyl (C=O) groups is 1. The normalized spacial score (nSPS) is 17.4. The van der Waals surface area contributed by atoms with Crippen LogP contribution in [-0.4, -0.2) is 69.0 Å². The highest BCUT2D eigenvalue weighted by Crippen LogP contribution is 2.22. The van der Waals surface area contributed by atoms with Crippen molar-refractivity contribution in [3.8, 4) is 5.75 Å². The first-order valence-electron chi connectivity index (χ1n) is 11.0. The highest BCUT2D eigenvalue weighted by atomic mass is 32.2. The van der Waals surface area contributed by atoms with Gasteiger partial charge in [0.25, 0.3) is 0 Å². The van der Waals surface area contributed by atoms with Gasteiger partial charge in [0.05, 0.1) is 18.9 Å². The van der Waals surface area contributed by atoms with Crippen LogP contribution < -0.4 is 4.74 Å². The Morgan fingerprint density at radius 2 is 1.83 bits per heavy atom. The molecule has 3 heterocycles. The molecule has 30 heavy (non-hydrogen) atoms. The Morgan fingerprint density at radius 3 is 2.60 bits per heavy atom. The van der Waals surface area contributed by atoms with Crippen molar-refractivity contribution in [1.29, 1.82) is 0 Å². The number of ether oxygens (including phenoxy) is 1. The van der Waals surface area contributed by atoms with Gasteiger partial charge in [0.2, 0.25) is 5.91 Å². The third-order valence-corrected chi connectivity index (χ3v) is 6.77. The number of piperazine rings is 1. The predicted octanol–water partition coefficient (Wildman–Crippen LogP) is 2.84. The molecule has 2 aliphatic heterocycles. The summed E-state index contributed by atoms with van der Waals surface area (Å²) in [5.74, 6) is 3.78. The lowest BCUT2D eigenvalue weighted by atomic mass is 10.2. The fourth-order valence-electron chi connectivity index (χ4n) is 4.05. The SMILES string of the molecule is CCOc1ccc(SCC(=O)N2CCN(Cc3nnc4n3CCCCC4)CC2)cc1. The number of nitrogens with zero attached hydrogens (tertiary/aromatic N) is 5. The summed E-state index contributed by atoms with van der Waals surface area (Å²) in [5.41, 5.74) is 0. The minimum Gasteiger partial charge on any atom is -0.494 e. The molecule has 162 valence electrons. The number of amides is 1. The van der Waals surface area contributed by atoms with Gasteiger partial charge in [0.1, 0.15) is 17.4 Å². The Bertz CT molecular complexity index is 831. The van der Waals surface area contributed by atoms with E-state index >= 15 is 0 Å². The number of benzene rings is 1. The van der Waals surface area contributed by atoms with Gasteiger partial charge in [-0.15, -0.1) is 22.0 Å². The Labute approximate surface area is 182 Å². The van der Waals surface area contributed by atoms with E-state index in [0.29, 0.717) is 12.4 Å². The van der Waals surface area contributed by atoms with Crippen LogP contribution in [0.4, 0.5) is 0 Å². The number of fused-ring (bicyclic) bond motifs is 1. The molecule has 4 rings (SSSR count). The standard InChI is InChI=1S/C22H31N5O2S/c1-2-29-18-7-9-19(10-8-18)30-17-22(28)26-14-12-25(13-15-26)16-21-24-23-20-6-4-3-5-11-27(20)21/h7-10H,2-6,11-17H2,1H3. The summed E-state index contributed by atoms with van der Waals surface area (Å²) in [6, 6.07) is 7.95. The first-order valence-corrected chi connectivity index (χ1v) is 12.0. The summed E-state index contributed by atoms with van der Waals surface area (Å²) < 4.78 is 7.78. The van der Waals surface area contributed by atoms with Crippen LogP contribution in [0.25, 0.3) is 0 Å². The highest BCUT2D eigenvalue weighted by molar-refractivity contribution is 8.00. The summed E-state index contributed by atoms with van der Waals surface area (Å²) in [4.78, 5) is 18.1. The number of aromatic nitrogens is 3. The van der Waals surface area contributed by atoms with E-state index in [0.717, 1.165) is 68.0 Å². The number of rotatable bonds is 7. The summed E-state index contributed by atoms with van der Waals surface area (Å²) >= 11 is 1.59. The van der Waals surface area contributed by atoms with Crippen molar-refractivity contribution < 1.29 is 9.53 Å². The van der Waals surface area contributed by atoms with Crippen LogP contribution in [0.2, 0.25) is 0 Å². The Balaban J connectivity index is 1.22. The van der Waals surface area contributed by atoms with Crippen molar-refractivity contribution in [2.24, 2.45) is 0 Å². The molecule has 1 fully saturated rings. The van der Waals surface area contributed by atoms with Gasteiger partial charge in [-0.05, 0) is 44.0 Å². The average Bonchev–Trinajstić information content (AvgIpc) is 2.99. The Hall–Kier alpha value is -2.06. The minimum atomic E-state index is 0.213. The quantitative estimate of drug-likeness (QED) is 0.631. The molecule has 0 unspecified atom stereocenters. The Morgan fingerprint density at radius 1 is 1.03 bits per heavy atom. The number of hydrogen-bond acceptors (Lipinski definition) is 6. The monoisotopic (exact) mass is 429 g/mol. The Kier molecular flexibility index (Phi) is 7.28. The molecule has 1 aromatic heterocycles. The van der Waals surface area contributed by atoms with Crippen LogP contribution in [0, 0.1) is 0 Å². The van der Waals surface area contributed by atoms with Crippen LogP contribution in [0.15, 0.2) is 29.2 Å². The van der Waals surface area contributed by atoms with Gasteiger partial charge in [-0.1, -0.05) is 6.42 Å². The maximum Gasteiger partial charge on any atom is 0.233 e. The third kappa shape index (κ3) is 5.35. The zero-order valence-electron chi connectivity index (χ0n) is 17.8. The van der Waals surface area contributed by atoms with Crippen LogP contribution in [0.3, 0.4) is 0 Å². The van der Waals surface area contributed by atoms with Crippen LogP contribution in [0.5, 0.6) is 5.75 Å². The lowest BCUT2D eigenvalue weighted by Crippen LogP contribution is -2.49. The van der Waals surface area contributed by atoms with Crippen molar-refractivity contribution in [3.63, 3.8) is 0 Å². The van der Waals surface area contributed by atoms with E-state index in [-0.39, 0.29) is 5.91 Å². The average molecular weight is 430 g/mol. The molecule has 0 aliphatic carbocycles. The molecule has 7 nitrogen and oxygen atoms in total. The molecule has 2 aromatic rings. The van der Waals surface area contributed by atoms with Crippen molar-refractivity contribution in [3.05, 3.63) is 35.9 Å². The molecule has 0 saturated carbocycles. The van der Waals surface area contributed by atoms with Gasteiger partial charge in [-0.2, -0.15) is 0 Å². The molecule has 0 bridgehead atoms. The van der Waals surface area contributed by atoms with Gasteiger partial charge in [0, 0.05) is 44.0 Å². The molecule has 1 aromatic carbocycles. The first kappa shape index (κ1) is 21.2. The van der Waals surface area contributed by atoms with E-state index in [9.17, 15) is 4.79 Å². The zero-order chi connectivity index (χ0) is 20.8. The van der Waals surface area contributed by atoms with Crippen molar-refractivity contribution >= 4 is 17.7 Å². The first-order chi connectivity index (χ1) is 14.7. The lowest BCUT2D eigenvalue weighted by Gasteiger charge is -2.34. The van der Waals surface area contributed by atoms with E-state index < -0.39 is 0 Å². The lowest BCUT2D eigenvalue weighted by molar-refractivity contribution is -0.130. The zero-order valence-corrected chi connectivity index (χ0v) is 18.6. The number of thioether (sulfide) groups is 1. The number of aryl methyl sites for hydroxylation is 1. The van der Waals surface area contributed by atoms with E-state index in [1.165, 1.54) is 19.3 Å². The third-order valence-electron chi connectivity index (χ3n) is 5.77. The molecule has 1 amide bonds. The second-order valence-corrected chi connectivity index (χ2v) is 8.89. The topological polar surface area (TPSA) is 63.5 Å².